The highest BCUT2D eigenvalue weighted by Gasteiger charge is 2.16. The molecule has 1 atom stereocenters. The lowest BCUT2D eigenvalue weighted by Gasteiger charge is -2.07. The molecular weight excluding hydrogens is 218 g/mol. The van der Waals surface area contributed by atoms with Gasteiger partial charge in [-0.1, -0.05) is 28.1 Å². The summed E-state index contributed by atoms with van der Waals surface area (Å²) in [5.41, 5.74) is 4.26. The highest BCUT2D eigenvalue weighted by molar-refractivity contribution is 9.10. The van der Waals surface area contributed by atoms with Gasteiger partial charge in [-0.3, -0.25) is 0 Å². The Bertz CT molecular complexity index is 254. The number of rotatable bonds is 1. The van der Waals surface area contributed by atoms with Crippen molar-refractivity contribution in [2.45, 2.75) is 12.5 Å². The van der Waals surface area contributed by atoms with Crippen molar-refractivity contribution < 1.29 is 4.84 Å². The maximum absolute atomic E-state index is 5.08. The Labute approximate surface area is 80.0 Å². The van der Waals surface area contributed by atoms with Gasteiger partial charge < -0.3 is 4.84 Å². The molecule has 1 saturated heterocycles. The molecule has 0 spiro atoms. The van der Waals surface area contributed by atoms with Gasteiger partial charge >= 0.3 is 0 Å². The molecule has 0 bridgehead atoms. The van der Waals surface area contributed by atoms with E-state index >= 15 is 0 Å². The van der Waals surface area contributed by atoms with E-state index < -0.39 is 0 Å². The molecule has 2 rings (SSSR count). The Morgan fingerprint density at radius 3 is 2.67 bits per heavy atom. The summed E-state index contributed by atoms with van der Waals surface area (Å²) in [6.07, 6.45) is 1.06. The molecule has 1 fully saturated rings. The van der Waals surface area contributed by atoms with Crippen molar-refractivity contribution in [3.63, 3.8) is 0 Å². The molecule has 1 aromatic carbocycles. The molecule has 0 aliphatic carbocycles. The van der Waals surface area contributed by atoms with Gasteiger partial charge in [0.15, 0.2) is 0 Å². The van der Waals surface area contributed by atoms with Gasteiger partial charge in [-0.25, -0.2) is 0 Å². The average molecular weight is 228 g/mol. The van der Waals surface area contributed by atoms with Crippen molar-refractivity contribution in [2.24, 2.45) is 0 Å². The molecular formula is C9H10BrNO. The van der Waals surface area contributed by atoms with Crippen LogP contribution in [0.2, 0.25) is 0 Å². The van der Waals surface area contributed by atoms with E-state index in [1.807, 2.05) is 0 Å². The van der Waals surface area contributed by atoms with E-state index in [2.05, 4.69) is 45.7 Å². The maximum Gasteiger partial charge on any atom is 0.0701 e. The van der Waals surface area contributed by atoms with Gasteiger partial charge in [0.1, 0.15) is 0 Å². The van der Waals surface area contributed by atoms with Crippen LogP contribution >= 0.6 is 15.9 Å². The van der Waals surface area contributed by atoms with Gasteiger partial charge in [0.25, 0.3) is 0 Å². The van der Waals surface area contributed by atoms with E-state index in [1.54, 1.807) is 0 Å². The normalized spacial score (nSPS) is 22.9. The van der Waals surface area contributed by atoms with Gasteiger partial charge in [0, 0.05) is 4.47 Å². The Hall–Kier alpha value is -0.380. The number of benzene rings is 1. The molecule has 0 radical (unpaired) electrons. The molecule has 2 nitrogen and oxygen atoms in total. The minimum atomic E-state index is 0.373. The van der Waals surface area contributed by atoms with Crippen LogP contribution in [0.3, 0.4) is 0 Å². The molecule has 1 heterocycles. The SMILES string of the molecule is Brc1ccc(C2CCON2)cc1. The monoisotopic (exact) mass is 227 g/mol. The predicted molar refractivity (Wildman–Crippen MR) is 50.6 cm³/mol. The van der Waals surface area contributed by atoms with Crippen molar-refractivity contribution in [3.05, 3.63) is 34.3 Å². The van der Waals surface area contributed by atoms with Crippen LogP contribution in [0.15, 0.2) is 28.7 Å². The minimum absolute atomic E-state index is 0.373. The van der Waals surface area contributed by atoms with Crippen LogP contribution in [0.4, 0.5) is 0 Å². The highest BCUT2D eigenvalue weighted by atomic mass is 79.9. The molecule has 1 N–H and O–H groups in total. The lowest BCUT2D eigenvalue weighted by Crippen LogP contribution is -2.10. The highest BCUT2D eigenvalue weighted by Crippen LogP contribution is 2.22. The standard InChI is InChI=1S/C9H10BrNO/c10-8-3-1-7(2-4-8)9-5-6-12-11-9/h1-4,9,11H,5-6H2. The van der Waals surface area contributed by atoms with Crippen LogP contribution in [0, 0.1) is 0 Å². The first-order chi connectivity index (χ1) is 5.86. The average Bonchev–Trinajstić information content (AvgIpc) is 2.58. The Balaban J connectivity index is 2.17. The topological polar surface area (TPSA) is 21.3 Å². The second-order valence-electron chi connectivity index (χ2n) is 2.86. The molecule has 1 unspecified atom stereocenters. The van der Waals surface area contributed by atoms with Crippen LogP contribution < -0.4 is 5.48 Å². The van der Waals surface area contributed by atoms with Crippen molar-refractivity contribution in [1.29, 1.82) is 0 Å². The zero-order chi connectivity index (χ0) is 8.39. The quantitative estimate of drug-likeness (QED) is 0.796. The van der Waals surface area contributed by atoms with E-state index in [1.165, 1.54) is 5.56 Å². The molecule has 3 heteroatoms. The summed E-state index contributed by atoms with van der Waals surface area (Å²) in [6, 6.07) is 8.69. The minimum Gasteiger partial charge on any atom is -0.301 e. The molecule has 0 aromatic heterocycles. The van der Waals surface area contributed by atoms with Crippen molar-refractivity contribution in [2.75, 3.05) is 6.61 Å². The first kappa shape index (κ1) is 8.23. The van der Waals surface area contributed by atoms with Gasteiger partial charge in [0.05, 0.1) is 12.6 Å². The first-order valence-corrected chi connectivity index (χ1v) is 4.78. The van der Waals surface area contributed by atoms with E-state index in [4.69, 9.17) is 4.84 Å². The maximum atomic E-state index is 5.08. The summed E-state index contributed by atoms with van der Waals surface area (Å²) in [5.74, 6) is 0. The van der Waals surface area contributed by atoms with E-state index in [0.29, 0.717) is 6.04 Å². The molecule has 1 aromatic rings. The Morgan fingerprint density at radius 2 is 2.08 bits per heavy atom. The molecule has 1 aliphatic rings. The number of halogens is 1. The lowest BCUT2D eigenvalue weighted by molar-refractivity contribution is 0.0883. The third kappa shape index (κ3) is 1.68. The summed E-state index contributed by atoms with van der Waals surface area (Å²) in [4.78, 5) is 5.08. The third-order valence-electron chi connectivity index (χ3n) is 2.01. The summed E-state index contributed by atoms with van der Waals surface area (Å²) in [5, 5.41) is 0. The molecule has 0 amide bonds. The van der Waals surface area contributed by atoms with Crippen molar-refractivity contribution in [1.82, 2.24) is 5.48 Å². The fraction of sp³-hybridized carbons (Fsp3) is 0.333. The smallest absolute Gasteiger partial charge is 0.0701 e. The van der Waals surface area contributed by atoms with E-state index in [9.17, 15) is 0 Å². The largest absolute Gasteiger partial charge is 0.301 e. The van der Waals surface area contributed by atoms with E-state index in [0.717, 1.165) is 17.5 Å². The summed E-state index contributed by atoms with van der Waals surface area (Å²) in [6.45, 7) is 0.806. The molecule has 12 heavy (non-hydrogen) atoms. The van der Waals surface area contributed by atoms with Crippen molar-refractivity contribution >= 4 is 15.9 Å². The fourth-order valence-electron chi connectivity index (χ4n) is 1.33. The zero-order valence-electron chi connectivity index (χ0n) is 6.59. The summed E-state index contributed by atoms with van der Waals surface area (Å²) >= 11 is 3.40. The zero-order valence-corrected chi connectivity index (χ0v) is 8.17. The summed E-state index contributed by atoms with van der Waals surface area (Å²) in [7, 11) is 0. The number of hydrogen-bond acceptors (Lipinski definition) is 2. The van der Waals surface area contributed by atoms with Crippen LogP contribution in [-0.2, 0) is 4.84 Å². The van der Waals surface area contributed by atoms with Gasteiger partial charge in [0.2, 0.25) is 0 Å². The second-order valence-corrected chi connectivity index (χ2v) is 3.77. The predicted octanol–water partition coefficient (Wildman–Crippen LogP) is 2.42. The number of nitrogens with one attached hydrogen (secondary N) is 1. The number of hydroxylamine groups is 1. The van der Waals surface area contributed by atoms with Gasteiger partial charge in [-0.05, 0) is 24.1 Å². The van der Waals surface area contributed by atoms with Crippen LogP contribution in [0.1, 0.15) is 18.0 Å². The van der Waals surface area contributed by atoms with Crippen LogP contribution in [0.5, 0.6) is 0 Å². The van der Waals surface area contributed by atoms with Crippen LogP contribution in [-0.4, -0.2) is 6.61 Å². The second kappa shape index (κ2) is 3.56. The molecule has 64 valence electrons. The number of hydrogen-bond donors (Lipinski definition) is 1. The van der Waals surface area contributed by atoms with E-state index in [-0.39, 0.29) is 0 Å². The lowest BCUT2D eigenvalue weighted by atomic mass is 10.1. The van der Waals surface area contributed by atoms with Crippen LogP contribution in [0.25, 0.3) is 0 Å². The molecule has 0 saturated carbocycles. The van der Waals surface area contributed by atoms with Gasteiger partial charge in [-0.15, -0.1) is 0 Å². The van der Waals surface area contributed by atoms with Gasteiger partial charge in [-0.2, -0.15) is 5.48 Å². The Kier molecular flexibility index (Phi) is 2.44. The van der Waals surface area contributed by atoms with Crippen molar-refractivity contribution in [3.8, 4) is 0 Å². The Morgan fingerprint density at radius 1 is 1.33 bits per heavy atom. The first-order valence-electron chi connectivity index (χ1n) is 3.99. The fourth-order valence-corrected chi connectivity index (χ4v) is 1.59. The third-order valence-corrected chi connectivity index (χ3v) is 2.54. The molecule has 1 aliphatic heterocycles. The summed E-state index contributed by atoms with van der Waals surface area (Å²) < 4.78 is 1.12.